The van der Waals surface area contributed by atoms with Crippen LogP contribution in [0, 0.1) is 0 Å². The first-order valence-electron chi connectivity index (χ1n) is 6.74. The van der Waals surface area contributed by atoms with Gasteiger partial charge in [-0.25, -0.2) is 4.98 Å². The summed E-state index contributed by atoms with van der Waals surface area (Å²) in [6.07, 6.45) is 3.34. The maximum Gasteiger partial charge on any atom is 0.0976 e. The zero-order chi connectivity index (χ0) is 14.1. The van der Waals surface area contributed by atoms with Gasteiger partial charge in [0.15, 0.2) is 0 Å². The Kier molecular flexibility index (Phi) is 4.32. The minimum absolute atomic E-state index is 0.674. The lowest BCUT2D eigenvalue weighted by Gasteiger charge is -2.02. The second-order valence-corrected chi connectivity index (χ2v) is 7.14. The van der Waals surface area contributed by atoms with E-state index in [4.69, 9.17) is 28.2 Å². The van der Waals surface area contributed by atoms with Gasteiger partial charge < -0.3 is 5.32 Å². The first-order valence-corrected chi connectivity index (χ1v) is 8.31. The van der Waals surface area contributed by atoms with E-state index in [9.17, 15) is 0 Å². The van der Waals surface area contributed by atoms with Crippen molar-refractivity contribution in [2.24, 2.45) is 0 Å². The molecule has 20 heavy (non-hydrogen) atoms. The Bertz CT molecular complexity index is 620. The van der Waals surface area contributed by atoms with Crippen molar-refractivity contribution in [2.45, 2.75) is 31.7 Å². The average molecular weight is 327 g/mol. The van der Waals surface area contributed by atoms with E-state index in [1.807, 2.05) is 19.2 Å². The molecular weight excluding hydrogens is 311 g/mol. The smallest absolute Gasteiger partial charge is 0.0976 e. The molecule has 1 fully saturated rings. The van der Waals surface area contributed by atoms with Gasteiger partial charge in [0.05, 0.1) is 10.7 Å². The van der Waals surface area contributed by atoms with Crippen LogP contribution >= 0.6 is 34.5 Å². The van der Waals surface area contributed by atoms with Crippen LogP contribution in [0.5, 0.6) is 0 Å². The highest BCUT2D eigenvalue weighted by atomic mass is 35.5. The predicted molar refractivity (Wildman–Crippen MR) is 86.1 cm³/mol. The van der Waals surface area contributed by atoms with Crippen LogP contribution in [-0.2, 0) is 13.0 Å². The molecule has 1 saturated carbocycles. The van der Waals surface area contributed by atoms with Crippen molar-refractivity contribution in [1.29, 1.82) is 0 Å². The van der Waals surface area contributed by atoms with E-state index in [1.54, 1.807) is 17.4 Å². The molecule has 2 nitrogen and oxygen atoms in total. The van der Waals surface area contributed by atoms with E-state index < -0.39 is 0 Å². The molecule has 0 bridgehead atoms. The van der Waals surface area contributed by atoms with Crippen LogP contribution in [0.4, 0.5) is 0 Å². The molecule has 1 aliphatic carbocycles. The lowest BCUT2D eigenvalue weighted by atomic mass is 10.1. The molecule has 0 atom stereocenters. The van der Waals surface area contributed by atoms with Crippen molar-refractivity contribution in [3.63, 3.8) is 0 Å². The zero-order valence-corrected chi connectivity index (χ0v) is 13.6. The molecule has 2 aromatic rings. The van der Waals surface area contributed by atoms with Crippen LogP contribution in [0.25, 0.3) is 0 Å². The monoisotopic (exact) mass is 326 g/mol. The molecule has 0 saturated heterocycles. The quantitative estimate of drug-likeness (QED) is 0.865. The van der Waals surface area contributed by atoms with Crippen LogP contribution in [0.3, 0.4) is 0 Å². The van der Waals surface area contributed by atoms with Gasteiger partial charge in [0.2, 0.25) is 0 Å². The van der Waals surface area contributed by atoms with Gasteiger partial charge in [-0.1, -0.05) is 29.3 Å². The Morgan fingerprint density at radius 3 is 2.80 bits per heavy atom. The van der Waals surface area contributed by atoms with Crippen molar-refractivity contribution in [1.82, 2.24) is 10.3 Å². The van der Waals surface area contributed by atoms with E-state index in [0.717, 1.165) is 28.6 Å². The predicted octanol–water partition coefficient (Wildman–Crippen LogP) is 4.64. The number of aromatic nitrogens is 1. The van der Waals surface area contributed by atoms with Gasteiger partial charge >= 0.3 is 0 Å². The molecule has 0 amide bonds. The summed E-state index contributed by atoms with van der Waals surface area (Å²) in [4.78, 5) is 6.21. The Morgan fingerprint density at radius 2 is 2.15 bits per heavy atom. The van der Waals surface area contributed by atoms with Gasteiger partial charge in [0.25, 0.3) is 0 Å². The van der Waals surface area contributed by atoms with E-state index in [0.29, 0.717) is 10.9 Å². The molecule has 0 spiro atoms. The summed E-state index contributed by atoms with van der Waals surface area (Å²) in [7, 11) is 1.98. The molecular formula is C15H16Cl2N2S. The van der Waals surface area contributed by atoms with Gasteiger partial charge in [-0.3, -0.25) is 0 Å². The van der Waals surface area contributed by atoms with Crippen LogP contribution in [0.1, 0.15) is 39.9 Å². The fraction of sp³-hybridized carbons (Fsp3) is 0.400. The molecule has 0 radical (unpaired) electrons. The van der Waals surface area contributed by atoms with Crippen LogP contribution in [0.2, 0.25) is 10.0 Å². The average Bonchev–Trinajstić information content (AvgIpc) is 3.17. The SMILES string of the molecule is CNCc1sc(Cc2ccc(Cl)cc2Cl)nc1C1CC1. The summed E-state index contributed by atoms with van der Waals surface area (Å²) in [5, 5.41) is 5.76. The van der Waals surface area contributed by atoms with E-state index in [1.165, 1.54) is 23.4 Å². The summed E-state index contributed by atoms with van der Waals surface area (Å²) in [6.45, 7) is 0.901. The number of benzene rings is 1. The number of rotatable bonds is 5. The molecule has 3 rings (SSSR count). The first kappa shape index (κ1) is 14.3. The third kappa shape index (κ3) is 3.17. The molecule has 0 aliphatic heterocycles. The number of thiazole rings is 1. The molecule has 0 unspecified atom stereocenters. The molecule has 1 heterocycles. The Balaban J connectivity index is 1.84. The molecule has 106 valence electrons. The molecule has 1 aromatic carbocycles. The fourth-order valence-corrected chi connectivity index (χ4v) is 3.95. The van der Waals surface area contributed by atoms with E-state index in [-0.39, 0.29) is 0 Å². The van der Waals surface area contributed by atoms with Crippen LogP contribution in [0.15, 0.2) is 18.2 Å². The molecule has 1 N–H and O–H groups in total. The molecule has 1 aromatic heterocycles. The topological polar surface area (TPSA) is 24.9 Å². The second-order valence-electron chi connectivity index (χ2n) is 5.13. The Labute approximate surface area is 133 Å². The van der Waals surface area contributed by atoms with Gasteiger partial charge in [-0.2, -0.15) is 0 Å². The summed E-state index contributed by atoms with van der Waals surface area (Å²) in [6, 6.07) is 5.66. The fourth-order valence-electron chi connectivity index (χ4n) is 2.28. The molecule has 5 heteroatoms. The van der Waals surface area contributed by atoms with Gasteiger partial charge in [-0.05, 0) is 37.6 Å². The van der Waals surface area contributed by atoms with Gasteiger partial charge in [0.1, 0.15) is 0 Å². The minimum atomic E-state index is 0.674. The standard InChI is InChI=1S/C15H16Cl2N2S/c1-18-8-13-15(9-2-3-9)19-14(20-13)6-10-4-5-11(16)7-12(10)17/h4-5,7,9,18H,2-3,6,8H2,1H3. The third-order valence-corrected chi connectivity index (χ3v) is 5.09. The normalized spacial score (nSPS) is 14.8. The number of hydrogen-bond acceptors (Lipinski definition) is 3. The van der Waals surface area contributed by atoms with E-state index in [2.05, 4.69) is 5.32 Å². The first-order chi connectivity index (χ1) is 9.67. The number of hydrogen-bond donors (Lipinski definition) is 1. The maximum atomic E-state index is 6.24. The van der Waals surface area contributed by atoms with Crippen molar-refractivity contribution in [2.75, 3.05) is 7.05 Å². The molecule has 1 aliphatic rings. The van der Waals surface area contributed by atoms with Crippen LogP contribution < -0.4 is 5.32 Å². The lowest BCUT2D eigenvalue weighted by molar-refractivity contribution is 0.812. The highest BCUT2D eigenvalue weighted by molar-refractivity contribution is 7.11. The van der Waals surface area contributed by atoms with E-state index >= 15 is 0 Å². The Hall–Kier alpha value is -0.610. The number of halogens is 2. The summed E-state index contributed by atoms with van der Waals surface area (Å²) in [5.41, 5.74) is 2.38. The zero-order valence-electron chi connectivity index (χ0n) is 11.2. The largest absolute Gasteiger partial charge is 0.315 e. The second kappa shape index (κ2) is 6.02. The Morgan fingerprint density at radius 1 is 1.35 bits per heavy atom. The number of nitrogens with zero attached hydrogens (tertiary/aromatic N) is 1. The highest BCUT2D eigenvalue weighted by Crippen LogP contribution is 2.43. The third-order valence-electron chi connectivity index (χ3n) is 3.43. The van der Waals surface area contributed by atoms with Crippen molar-refractivity contribution < 1.29 is 0 Å². The van der Waals surface area contributed by atoms with Crippen molar-refractivity contribution >= 4 is 34.5 Å². The summed E-state index contributed by atoms with van der Waals surface area (Å²) in [5.74, 6) is 0.684. The van der Waals surface area contributed by atoms with Crippen molar-refractivity contribution in [3.05, 3.63) is 49.4 Å². The van der Waals surface area contributed by atoms with Crippen LogP contribution in [-0.4, -0.2) is 12.0 Å². The minimum Gasteiger partial charge on any atom is -0.315 e. The maximum absolute atomic E-state index is 6.24. The summed E-state index contributed by atoms with van der Waals surface area (Å²) < 4.78 is 0. The van der Waals surface area contributed by atoms with Crippen molar-refractivity contribution in [3.8, 4) is 0 Å². The summed E-state index contributed by atoms with van der Waals surface area (Å²) >= 11 is 14.0. The highest BCUT2D eigenvalue weighted by Gasteiger charge is 2.29. The van der Waals surface area contributed by atoms with Gasteiger partial charge in [-0.15, -0.1) is 11.3 Å². The van der Waals surface area contributed by atoms with Gasteiger partial charge in [0, 0.05) is 33.8 Å². The number of nitrogens with one attached hydrogen (secondary N) is 1. The lowest BCUT2D eigenvalue weighted by Crippen LogP contribution is -2.05.